The highest BCUT2D eigenvalue weighted by atomic mass is 15.3. The first kappa shape index (κ1) is 17.3. The standard InChI is InChI=1S/C21H24N6/c1-25(17-18-7-3-2-4-8-18)20-10-12-23-21(24-20)27-15-13-26(14-16-27)19-9-5-6-11-22-19/h2-12H,13-17H2,1H3. The van der Waals surface area contributed by atoms with Gasteiger partial charge in [0.25, 0.3) is 0 Å². The Morgan fingerprint density at radius 2 is 1.56 bits per heavy atom. The van der Waals surface area contributed by atoms with Gasteiger partial charge in [0.05, 0.1) is 0 Å². The maximum Gasteiger partial charge on any atom is 0.227 e. The third kappa shape index (κ3) is 4.16. The fourth-order valence-electron chi connectivity index (χ4n) is 3.32. The van der Waals surface area contributed by atoms with Gasteiger partial charge in [0.1, 0.15) is 11.6 Å². The molecule has 4 rings (SSSR count). The van der Waals surface area contributed by atoms with Crippen LogP contribution in [0.5, 0.6) is 0 Å². The number of anilines is 3. The van der Waals surface area contributed by atoms with Gasteiger partial charge in [0.2, 0.25) is 5.95 Å². The van der Waals surface area contributed by atoms with Crippen LogP contribution in [0.4, 0.5) is 17.6 Å². The van der Waals surface area contributed by atoms with Crippen molar-refractivity contribution in [2.24, 2.45) is 0 Å². The molecular formula is C21H24N6. The Hall–Kier alpha value is -3.15. The smallest absolute Gasteiger partial charge is 0.227 e. The summed E-state index contributed by atoms with van der Waals surface area (Å²) >= 11 is 0. The summed E-state index contributed by atoms with van der Waals surface area (Å²) in [6.45, 7) is 4.45. The Bertz CT molecular complexity index is 847. The van der Waals surface area contributed by atoms with E-state index >= 15 is 0 Å². The molecule has 0 N–H and O–H groups in total. The lowest BCUT2D eigenvalue weighted by molar-refractivity contribution is 0.634. The largest absolute Gasteiger partial charge is 0.355 e. The van der Waals surface area contributed by atoms with E-state index in [2.05, 4.69) is 62.0 Å². The minimum Gasteiger partial charge on any atom is -0.355 e. The lowest BCUT2D eigenvalue weighted by Crippen LogP contribution is -2.47. The molecule has 0 unspecified atom stereocenters. The summed E-state index contributed by atoms with van der Waals surface area (Å²) < 4.78 is 0. The van der Waals surface area contributed by atoms with Gasteiger partial charge in [0.15, 0.2) is 0 Å². The van der Waals surface area contributed by atoms with Crippen molar-refractivity contribution < 1.29 is 0 Å². The zero-order valence-electron chi connectivity index (χ0n) is 15.6. The molecule has 0 aliphatic carbocycles. The molecule has 0 bridgehead atoms. The number of nitrogens with zero attached hydrogens (tertiary/aromatic N) is 6. The number of piperazine rings is 1. The molecule has 1 fully saturated rings. The Kier molecular flexibility index (Phi) is 5.14. The zero-order chi connectivity index (χ0) is 18.5. The number of hydrogen-bond donors (Lipinski definition) is 0. The van der Waals surface area contributed by atoms with Gasteiger partial charge >= 0.3 is 0 Å². The highest BCUT2D eigenvalue weighted by molar-refractivity contribution is 5.46. The SMILES string of the molecule is CN(Cc1ccccc1)c1ccnc(N2CCN(c3ccccn3)CC2)n1. The first-order valence-electron chi connectivity index (χ1n) is 9.28. The van der Waals surface area contributed by atoms with Crippen molar-refractivity contribution >= 4 is 17.6 Å². The summed E-state index contributed by atoms with van der Waals surface area (Å²) in [5.41, 5.74) is 1.27. The molecule has 1 saturated heterocycles. The molecule has 2 aromatic heterocycles. The first-order valence-corrected chi connectivity index (χ1v) is 9.28. The molecule has 27 heavy (non-hydrogen) atoms. The normalized spacial score (nSPS) is 14.3. The molecule has 0 radical (unpaired) electrons. The molecule has 0 atom stereocenters. The Morgan fingerprint density at radius 3 is 2.30 bits per heavy atom. The van der Waals surface area contributed by atoms with Gasteiger partial charge < -0.3 is 14.7 Å². The maximum atomic E-state index is 4.80. The summed E-state index contributed by atoms with van der Waals surface area (Å²) in [5, 5.41) is 0. The maximum absolute atomic E-state index is 4.80. The summed E-state index contributed by atoms with van der Waals surface area (Å²) in [7, 11) is 2.07. The van der Waals surface area contributed by atoms with E-state index in [1.807, 2.05) is 36.7 Å². The molecule has 1 aliphatic rings. The van der Waals surface area contributed by atoms with Gasteiger partial charge in [-0.2, -0.15) is 4.98 Å². The summed E-state index contributed by atoms with van der Waals surface area (Å²) in [6, 6.07) is 18.4. The molecule has 138 valence electrons. The zero-order valence-corrected chi connectivity index (χ0v) is 15.6. The van der Waals surface area contributed by atoms with E-state index < -0.39 is 0 Å². The lowest BCUT2D eigenvalue weighted by Gasteiger charge is -2.35. The first-order chi connectivity index (χ1) is 13.3. The van der Waals surface area contributed by atoms with Gasteiger partial charge in [-0.1, -0.05) is 36.4 Å². The summed E-state index contributed by atoms with van der Waals surface area (Å²) in [5.74, 6) is 2.78. The third-order valence-electron chi connectivity index (χ3n) is 4.82. The monoisotopic (exact) mass is 360 g/mol. The second kappa shape index (κ2) is 8.03. The van der Waals surface area contributed by atoms with Crippen molar-refractivity contribution in [1.82, 2.24) is 15.0 Å². The average Bonchev–Trinajstić information content (AvgIpc) is 2.75. The van der Waals surface area contributed by atoms with Gasteiger partial charge in [-0.05, 0) is 23.8 Å². The van der Waals surface area contributed by atoms with Crippen LogP contribution in [-0.4, -0.2) is 48.2 Å². The van der Waals surface area contributed by atoms with E-state index in [-0.39, 0.29) is 0 Å². The second-order valence-corrected chi connectivity index (χ2v) is 6.72. The highest BCUT2D eigenvalue weighted by Crippen LogP contribution is 2.19. The van der Waals surface area contributed by atoms with E-state index in [0.29, 0.717) is 0 Å². The van der Waals surface area contributed by atoms with Crippen molar-refractivity contribution in [3.05, 3.63) is 72.6 Å². The number of hydrogen-bond acceptors (Lipinski definition) is 6. The van der Waals surface area contributed by atoms with Crippen LogP contribution in [0, 0.1) is 0 Å². The molecule has 0 amide bonds. The fourth-order valence-corrected chi connectivity index (χ4v) is 3.32. The van der Waals surface area contributed by atoms with Crippen molar-refractivity contribution in [1.29, 1.82) is 0 Å². The molecular weight excluding hydrogens is 336 g/mol. The van der Waals surface area contributed by atoms with Crippen LogP contribution >= 0.6 is 0 Å². The highest BCUT2D eigenvalue weighted by Gasteiger charge is 2.20. The van der Waals surface area contributed by atoms with Gasteiger partial charge in [-0.15, -0.1) is 0 Å². The topological polar surface area (TPSA) is 48.4 Å². The van der Waals surface area contributed by atoms with Crippen LogP contribution in [0.3, 0.4) is 0 Å². The van der Waals surface area contributed by atoms with Crippen LogP contribution in [0.1, 0.15) is 5.56 Å². The van der Waals surface area contributed by atoms with E-state index in [4.69, 9.17) is 4.98 Å². The minimum absolute atomic E-state index is 0.799. The van der Waals surface area contributed by atoms with Crippen molar-refractivity contribution in [3.8, 4) is 0 Å². The molecule has 3 aromatic rings. The van der Waals surface area contributed by atoms with Crippen molar-refractivity contribution in [2.45, 2.75) is 6.54 Å². The molecule has 6 nitrogen and oxygen atoms in total. The number of benzene rings is 1. The predicted octanol–water partition coefficient (Wildman–Crippen LogP) is 2.83. The average molecular weight is 360 g/mol. The third-order valence-corrected chi connectivity index (χ3v) is 4.82. The second-order valence-electron chi connectivity index (χ2n) is 6.72. The fraction of sp³-hybridized carbons (Fsp3) is 0.286. The summed E-state index contributed by atoms with van der Waals surface area (Å²) in [4.78, 5) is 20.5. The van der Waals surface area contributed by atoms with Gasteiger partial charge in [0, 0.05) is 52.2 Å². The Morgan fingerprint density at radius 1 is 0.815 bits per heavy atom. The Balaban J connectivity index is 1.41. The lowest BCUT2D eigenvalue weighted by atomic mass is 10.2. The number of aromatic nitrogens is 3. The van der Waals surface area contributed by atoms with Crippen molar-refractivity contribution in [2.75, 3.05) is 47.9 Å². The quantitative estimate of drug-likeness (QED) is 0.697. The predicted molar refractivity (Wildman–Crippen MR) is 109 cm³/mol. The van der Waals surface area contributed by atoms with E-state index in [0.717, 1.165) is 50.3 Å². The molecule has 1 aromatic carbocycles. The molecule has 0 saturated carbocycles. The van der Waals surface area contributed by atoms with E-state index in [1.165, 1.54) is 5.56 Å². The molecule has 0 spiro atoms. The number of rotatable bonds is 5. The van der Waals surface area contributed by atoms with Crippen LogP contribution in [0.2, 0.25) is 0 Å². The minimum atomic E-state index is 0.799. The van der Waals surface area contributed by atoms with Crippen LogP contribution in [-0.2, 0) is 6.54 Å². The van der Waals surface area contributed by atoms with Gasteiger partial charge in [-0.3, -0.25) is 0 Å². The Labute approximate surface area is 160 Å². The van der Waals surface area contributed by atoms with Crippen molar-refractivity contribution in [3.63, 3.8) is 0 Å². The van der Waals surface area contributed by atoms with Crippen LogP contribution < -0.4 is 14.7 Å². The summed E-state index contributed by atoms with van der Waals surface area (Å²) in [6.07, 6.45) is 3.70. The number of pyridine rings is 1. The van der Waals surface area contributed by atoms with Gasteiger partial charge in [-0.25, -0.2) is 9.97 Å². The van der Waals surface area contributed by atoms with Crippen LogP contribution in [0.25, 0.3) is 0 Å². The van der Waals surface area contributed by atoms with E-state index in [9.17, 15) is 0 Å². The molecule has 1 aliphatic heterocycles. The molecule has 3 heterocycles. The van der Waals surface area contributed by atoms with Crippen LogP contribution in [0.15, 0.2) is 67.0 Å². The van der Waals surface area contributed by atoms with E-state index in [1.54, 1.807) is 0 Å². The molecule has 6 heteroatoms.